The molecule has 1 aromatic heterocycles. The molecule has 0 radical (unpaired) electrons. The van der Waals surface area contributed by atoms with Crippen molar-refractivity contribution in [2.45, 2.75) is 61.0 Å². The van der Waals surface area contributed by atoms with E-state index in [9.17, 15) is 4.79 Å². The minimum absolute atomic E-state index is 0.165. The molecule has 2 aromatic rings. The molecular weight excluding hydrogens is 508 g/mol. The van der Waals surface area contributed by atoms with E-state index < -0.39 is 5.91 Å². The summed E-state index contributed by atoms with van der Waals surface area (Å²) >= 11 is 0. The maximum Gasteiger partial charge on any atom is 0.248 e. The number of rotatable bonds is 12. The quantitative estimate of drug-likeness (QED) is 0.280. The summed E-state index contributed by atoms with van der Waals surface area (Å²) in [6.07, 6.45) is 3.32. The van der Waals surface area contributed by atoms with Gasteiger partial charge in [0.05, 0.1) is 19.8 Å². The Morgan fingerprint density at radius 2 is 1.73 bits per heavy atom. The third kappa shape index (κ3) is 14.3. The first-order valence-corrected chi connectivity index (χ1v) is 14.4. The van der Waals surface area contributed by atoms with Crippen LogP contribution in [0.2, 0.25) is 0 Å². The smallest absolute Gasteiger partial charge is 0.248 e. The first-order valence-electron chi connectivity index (χ1n) is 14.4. The molecule has 10 nitrogen and oxygen atoms in total. The molecule has 0 spiro atoms. The Kier molecular flexibility index (Phi) is 20.8. The van der Waals surface area contributed by atoms with E-state index in [0.29, 0.717) is 35.0 Å². The van der Waals surface area contributed by atoms with Crippen molar-refractivity contribution in [1.29, 1.82) is 5.41 Å². The second-order valence-corrected chi connectivity index (χ2v) is 8.51. The van der Waals surface area contributed by atoms with Gasteiger partial charge in [-0.05, 0) is 42.2 Å². The summed E-state index contributed by atoms with van der Waals surface area (Å²) in [4.78, 5) is 19.8. The van der Waals surface area contributed by atoms with Gasteiger partial charge in [-0.3, -0.25) is 9.69 Å². The zero-order valence-corrected chi connectivity index (χ0v) is 25.4. The zero-order chi connectivity index (χ0) is 30.3. The normalized spacial score (nSPS) is 12.4. The summed E-state index contributed by atoms with van der Waals surface area (Å²) in [5.74, 6) is 0.574. The van der Waals surface area contributed by atoms with E-state index in [-0.39, 0.29) is 6.61 Å². The Morgan fingerprint density at radius 1 is 1.10 bits per heavy atom. The maximum atomic E-state index is 10.8. The number of morpholine rings is 1. The number of nitrogen functional groups attached to an aromatic ring is 1. The number of amides is 1. The minimum Gasteiger partial charge on any atom is -0.476 e. The number of carbonyl (C=O) groups is 1. The number of benzene rings is 1. The van der Waals surface area contributed by atoms with Gasteiger partial charge >= 0.3 is 0 Å². The van der Waals surface area contributed by atoms with E-state index in [1.165, 1.54) is 12.1 Å². The van der Waals surface area contributed by atoms with Gasteiger partial charge in [0.15, 0.2) is 0 Å². The molecule has 1 aliphatic heterocycles. The molecule has 1 saturated heterocycles. The molecule has 1 amide bonds. The number of carbonyl (C=O) groups excluding carboxylic acids is 1. The van der Waals surface area contributed by atoms with Crippen molar-refractivity contribution in [3.8, 4) is 5.88 Å². The molecule has 0 aliphatic carbocycles. The zero-order valence-electron chi connectivity index (χ0n) is 25.4. The lowest BCUT2D eigenvalue weighted by molar-refractivity contribution is 0.0320. The second-order valence-electron chi connectivity index (χ2n) is 8.51. The molecule has 0 atom stereocenters. The number of aliphatic hydroxyl groups excluding tert-OH is 1. The average Bonchev–Trinajstić information content (AvgIpc) is 2.99. The Bertz CT molecular complexity index is 961. The molecule has 1 fully saturated rings. The highest BCUT2D eigenvalue weighted by Crippen LogP contribution is 2.23. The molecule has 0 bridgehead atoms. The number of ether oxygens (including phenoxy) is 2. The van der Waals surface area contributed by atoms with Crippen LogP contribution in [0.4, 0.5) is 11.5 Å². The van der Waals surface area contributed by atoms with Crippen molar-refractivity contribution in [1.82, 2.24) is 9.88 Å². The van der Waals surface area contributed by atoms with Gasteiger partial charge in [-0.2, -0.15) is 4.98 Å². The highest BCUT2D eigenvalue weighted by Gasteiger charge is 2.12. The summed E-state index contributed by atoms with van der Waals surface area (Å²) in [6.45, 7) is 19.3. The van der Waals surface area contributed by atoms with Crippen molar-refractivity contribution >= 4 is 23.6 Å². The first kappa shape index (κ1) is 36.8. The number of nitrogens with two attached hydrogens (primary N) is 2. The summed E-state index contributed by atoms with van der Waals surface area (Å²) in [5.41, 5.74) is 13.6. The van der Waals surface area contributed by atoms with Crippen molar-refractivity contribution in [2.24, 2.45) is 5.73 Å². The van der Waals surface area contributed by atoms with Gasteiger partial charge in [0.1, 0.15) is 12.4 Å². The molecule has 6 N–H and O–H groups in total. The van der Waals surface area contributed by atoms with Crippen LogP contribution in [0.25, 0.3) is 0 Å². The molecule has 0 unspecified atom stereocenters. The fourth-order valence-corrected chi connectivity index (χ4v) is 3.82. The predicted octanol–water partition coefficient (Wildman–Crippen LogP) is 4.33. The molecule has 3 rings (SSSR count). The predicted molar refractivity (Wildman–Crippen MR) is 166 cm³/mol. The molecule has 2 heterocycles. The van der Waals surface area contributed by atoms with Crippen LogP contribution >= 0.6 is 0 Å². The van der Waals surface area contributed by atoms with Crippen LogP contribution in [0.15, 0.2) is 30.3 Å². The number of pyridine rings is 1. The van der Waals surface area contributed by atoms with Crippen LogP contribution in [0, 0.1) is 5.41 Å². The van der Waals surface area contributed by atoms with Crippen molar-refractivity contribution in [3.05, 3.63) is 47.0 Å². The maximum absolute atomic E-state index is 10.8. The number of anilines is 2. The number of primary amides is 1. The highest BCUT2D eigenvalue weighted by atomic mass is 16.5. The monoisotopic (exact) mass is 560 g/mol. The molecule has 10 heteroatoms. The van der Waals surface area contributed by atoms with Crippen molar-refractivity contribution in [2.75, 3.05) is 63.2 Å². The fourth-order valence-electron chi connectivity index (χ4n) is 3.82. The molecule has 0 saturated carbocycles. The van der Waals surface area contributed by atoms with Crippen LogP contribution in [0.3, 0.4) is 0 Å². The average molecular weight is 561 g/mol. The number of nitrogens with zero attached hydrogens (tertiary/aromatic N) is 3. The highest BCUT2D eigenvalue weighted by molar-refractivity contribution is 5.95. The van der Waals surface area contributed by atoms with Gasteiger partial charge in [-0.25, -0.2) is 0 Å². The Hall–Kier alpha value is -3.21. The number of hydrogen-bond acceptors (Lipinski definition) is 9. The molecule has 40 heavy (non-hydrogen) atoms. The lowest BCUT2D eigenvalue weighted by Crippen LogP contribution is -2.38. The number of aromatic nitrogens is 1. The van der Waals surface area contributed by atoms with Crippen LogP contribution in [-0.2, 0) is 11.3 Å². The number of nitrogens with one attached hydrogen (secondary N) is 1. The molecule has 226 valence electrons. The van der Waals surface area contributed by atoms with Gasteiger partial charge in [0, 0.05) is 62.3 Å². The van der Waals surface area contributed by atoms with Crippen LogP contribution in [0.5, 0.6) is 5.88 Å². The van der Waals surface area contributed by atoms with E-state index in [4.69, 9.17) is 31.5 Å². The minimum atomic E-state index is -0.557. The lowest BCUT2D eigenvalue weighted by Gasteiger charge is -2.26. The summed E-state index contributed by atoms with van der Waals surface area (Å²) in [7, 11) is 0. The summed E-state index contributed by atoms with van der Waals surface area (Å²) in [6, 6.07) is 8.57. The van der Waals surface area contributed by atoms with Crippen molar-refractivity contribution < 1.29 is 19.4 Å². The third-order valence-corrected chi connectivity index (χ3v) is 5.57. The van der Waals surface area contributed by atoms with Gasteiger partial charge in [-0.15, -0.1) is 0 Å². The lowest BCUT2D eigenvalue weighted by atomic mass is 10.1. The topological polar surface area (TPSA) is 151 Å². The van der Waals surface area contributed by atoms with E-state index in [0.717, 1.165) is 70.7 Å². The first-order chi connectivity index (χ1) is 19.4. The fraction of sp³-hybridized carbons (Fsp3) is 0.567. The number of hydrogen-bond donors (Lipinski definition) is 4. The number of aliphatic hydroxyl groups is 1. The molecule has 1 aliphatic rings. The van der Waals surface area contributed by atoms with Gasteiger partial charge < -0.3 is 36.4 Å². The Labute approximate surface area is 241 Å². The van der Waals surface area contributed by atoms with Crippen LogP contribution < -0.4 is 21.1 Å². The SMILES string of the molecule is CC.CC.CCCN(CCC)c1cc(N)nc(OCCN2CCOCC2)c1.N=Cc1cc(CO)cc(C(N)=O)c1. The van der Waals surface area contributed by atoms with Crippen LogP contribution in [-0.4, -0.2) is 79.7 Å². The Morgan fingerprint density at radius 3 is 2.25 bits per heavy atom. The van der Waals surface area contributed by atoms with E-state index in [1.54, 1.807) is 6.07 Å². The van der Waals surface area contributed by atoms with Gasteiger partial charge in [0.25, 0.3) is 0 Å². The van der Waals surface area contributed by atoms with E-state index in [2.05, 4.69) is 28.6 Å². The molecular formula is C30H52N6O4. The van der Waals surface area contributed by atoms with Crippen LogP contribution in [0.1, 0.15) is 75.9 Å². The summed E-state index contributed by atoms with van der Waals surface area (Å²) < 4.78 is 11.2. The van der Waals surface area contributed by atoms with Gasteiger partial charge in [0.2, 0.25) is 11.8 Å². The van der Waals surface area contributed by atoms with Crippen molar-refractivity contribution in [3.63, 3.8) is 0 Å². The van der Waals surface area contributed by atoms with E-state index in [1.807, 2.05) is 39.8 Å². The van der Waals surface area contributed by atoms with Gasteiger partial charge in [-0.1, -0.05) is 41.5 Å². The molecule has 1 aromatic carbocycles. The Balaban J connectivity index is 0.000000759. The van der Waals surface area contributed by atoms with E-state index >= 15 is 0 Å². The third-order valence-electron chi connectivity index (χ3n) is 5.57. The summed E-state index contributed by atoms with van der Waals surface area (Å²) in [5, 5.41) is 15.8. The largest absolute Gasteiger partial charge is 0.476 e. The second kappa shape index (κ2) is 22.6. The standard InChI is InChI=1S/C17H30N4O2.C9H10N2O2.2C2H6/c1-3-5-21(6-4-2)15-13-16(18)19-17(14-15)23-12-9-20-7-10-22-11-8-20;10-4-6-1-7(5-12)3-8(2-6)9(11)13;2*1-2/h13-14H,3-12H2,1-2H3,(H2,18,19);1-4,10,12H,5H2,(H2,11,13);2*1-2H3.